The van der Waals surface area contributed by atoms with Crippen molar-refractivity contribution < 1.29 is 13.9 Å². The Labute approximate surface area is 135 Å². The van der Waals surface area contributed by atoms with E-state index in [2.05, 4.69) is 10.3 Å². The van der Waals surface area contributed by atoms with E-state index in [4.69, 9.17) is 4.74 Å². The number of pyridine rings is 1. The van der Waals surface area contributed by atoms with Gasteiger partial charge in [-0.05, 0) is 54.8 Å². The molecule has 0 atom stereocenters. The molecule has 2 rings (SSSR count). The Hall–Kier alpha value is -2.69. The van der Waals surface area contributed by atoms with Crippen LogP contribution in [0.3, 0.4) is 0 Å². The van der Waals surface area contributed by atoms with Gasteiger partial charge in [-0.3, -0.25) is 9.78 Å². The summed E-state index contributed by atoms with van der Waals surface area (Å²) in [6.45, 7) is 1.12. The summed E-state index contributed by atoms with van der Waals surface area (Å²) in [5.74, 6) is 0.238. The predicted octanol–water partition coefficient (Wildman–Crippen LogP) is 3.21. The SMILES string of the molecule is O=C(/C=C/c1cccnc1)NCCCCOc1ccc(F)cc1. The number of nitrogens with zero attached hydrogens (tertiary/aromatic N) is 1. The highest BCUT2D eigenvalue weighted by atomic mass is 19.1. The van der Waals surface area contributed by atoms with Crippen molar-refractivity contribution in [1.29, 1.82) is 0 Å². The number of hydrogen-bond acceptors (Lipinski definition) is 3. The summed E-state index contributed by atoms with van der Waals surface area (Å²) >= 11 is 0. The first-order valence-electron chi connectivity index (χ1n) is 7.48. The molecule has 4 nitrogen and oxygen atoms in total. The van der Waals surface area contributed by atoms with Crippen LogP contribution in [0.4, 0.5) is 4.39 Å². The molecule has 0 aliphatic carbocycles. The van der Waals surface area contributed by atoms with Crippen LogP contribution in [-0.2, 0) is 4.79 Å². The maximum atomic E-state index is 12.7. The van der Waals surface area contributed by atoms with Crippen molar-refractivity contribution in [3.63, 3.8) is 0 Å². The van der Waals surface area contributed by atoms with Crippen LogP contribution in [0.2, 0.25) is 0 Å². The largest absolute Gasteiger partial charge is 0.494 e. The van der Waals surface area contributed by atoms with E-state index in [0.717, 1.165) is 18.4 Å². The normalized spacial score (nSPS) is 10.7. The van der Waals surface area contributed by atoms with Crippen molar-refractivity contribution in [2.24, 2.45) is 0 Å². The van der Waals surface area contributed by atoms with Crippen molar-refractivity contribution in [1.82, 2.24) is 10.3 Å². The zero-order valence-electron chi connectivity index (χ0n) is 12.7. The second-order valence-electron chi connectivity index (χ2n) is 4.92. The molecule has 0 fully saturated rings. The first-order valence-corrected chi connectivity index (χ1v) is 7.48. The molecule has 0 spiro atoms. The average molecular weight is 314 g/mol. The van der Waals surface area contributed by atoms with Gasteiger partial charge in [-0.15, -0.1) is 0 Å². The van der Waals surface area contributed by atoms with Crippen LogP contribution < -0.4 is 10.1 Å². The van der Waals surface area contributed by atoms with Crippen molar-refractivity contribution in [2.45, 2.75) is 12.8 Å². The van der Waals surface area contributed by atoms with E-state index in [-0.39, 0.29) is 11.7 Å². The van der Waals surface area contributed by atoms with Crippen molar-refractivity contribution in [3.05, 3.63) is 66.2 Å². The van der Waals surface area contributed by atoms with Gasteiger partial charge in [0.2, 0.25) is 5.91 Å². The molecule has 5 heteroatoms. The Morgan fingerprint density at radius 2 is 2.04 bits per heavy atom. The van der Waals surface area contributed by atoms with E-state index >= 15 is 0 Å². The Morgan fingerprint density at radius 3 is 2.78 bits per heavy atom. The fraction of sp³-hybridized carbons (Fsp3) is 0.222. The van der Waals surface area contributed by atoms with Gasteiger partial charge in [0.05, 0.1) is 6.61 Å². The van der Waals surface area contributed by atoms with E-state index in [0.29, 0.717) is 18.9 Å². The van der Waals surface area contributed by atoms with Crippen LogP contribution in [0.15, 0.2) is 54.9 Å². The zero-order chi connectivity index (χ0) is 16.3. The number of nitrogens with one attached hydrogen (secondary N) is 1. The third-order valence-corrected chi connectivity index (χ3v) is 3.06. The number of amides is 1. The van der Waals surface area contributed by atoms with Crippen LogP contribution in [0.5, 0.6) is 5.75 Å². The highest BCUT2D eigenvalue weighted by Crippen LogP contribution is 2.11. The lowest BCUT2D eigenvalue weighted by molar-refractivity contribution is -0.116. The molecule has 1 heterocycles. The number of hydrogen-bond donors (Lipinski definition) is 1. The monoisotopic (exact) mass is 314 g/mol. The van der Waals surface area contributed by atoms with Gasteiger partial charge in [-0.25, -0.2) is 4.39 Å². The Kier molecular flexibility index (Phi) is 6.78. The summed E-state index contributed by atoms with van der Waals surface area (Å²) in [7, 11) is 0. The third kappa shape index (κ3) is 6.74. The second kappa shape index (κ2) is 9.35. The van der Waals surface area contributed by atoms with Crippen LogP contribution in [-0.4, -0.2) is 24.0 Å². The second-order valence-corrected chi connectivity index (χ2v) is 4.92. The highest BCUT2D eigenvalue weighted by molar-refractivity contribution is 5.91. The zero-order valence-corrected chi connectivity index (χ0v) is 12.7. The van der Waals surface area contributed by atoms with Crippen molar-refractivity contribution >= 4 is 12.0 Å². The minimum absolute atomic E-state index is 0.131. The van der Waals surface area contributed by atoms with E-state index in [9.17, 15) is 9.18 Å². The van der Waals surface area contributed by atoms with E-state index in [1.165, 1.54) is 18.2 Å². The molecule has 1 N–H and O–H groups in total. The molecule has 0 bridgehead atoms. The molecule has 1 aromatic heterocycles. The van der Waals surface area contributed by atoms with Gasteiger partial charge in [-0.2, -0.15) is 0 Å². The summed E-state index contributed by atoms with van der Waals surface area (Å²) < 4.78 is 18.2. The lowest BCUT2D eigenvalue weighted by Crippen LogP contribution is -2.22. The van der Waals surface area contributed by atoms with Crippen LogP contribution in [0.1, 0.15) is 18.4 Å². The van der Waals surface area contributed by atoms with Crippen molar-refractivity contribution in [2.75, 3.05) is 13.2 Å². The number of halogens is 1. The fourth-order valence-electron chi connectivity index (χ4n) is 1.86. The van der Waals surface area contributed by atoms with Gasteiger partial charge in [0.25, 0.3) is 0 Å². The van der Waals surface area contributed by atoms with Gasteiger partial charge in [0.15, 0.2) is 0 Å². The summed E-state index contributed by atoms with van der Waals surface area (Å²) in [5, 5.41) is 2.81. The maximum absolute atomic E-state index is 12.7. The highest BCUT2D eigenvalue weighted by Gasteiger charge is 1.97. The standard InChI is InChI=1S/C18H19FN2O2/c19-16-6-8-17(9-7-16)23-13-2-1-12-21-18(22)10-5-15-4-3-11-20-14-15/h3-11,14H,1-2,12-13H2,(H,21,22)/b10-5+. The van der Waals surface area contributed by atoms with Gasteiger partial charge in [-0.1, -0.05) is 6.07 Å². The first kappa shape index (κ1) is 16.7. The lowest BCUT2D eigenvalue weighted by atomic mass is 10.2. The number of aromatic nitrogens is 1. The van der Waals surface area contributed by atoms with Crippen LogP contribution in [0.25, 0.3) is 6.08 Å². The number of carbonyl (C=O) groups is 1. The molecule has 0 unspecified atom stereocenters. The summed E-state index contributed by atoms with van der Waals surface area (Å²) in [4.78, 5) is 15.6. The number of benzene rings is 1. The number of rotatable bonds is 8. The Bertz CT molecular complexity index is 627. The minimum Gasteiger partial charge on any atom is -0.494 e. The first-order chi connectivity index (χ1) is 11.2. The topological polar surface area (TPSA) is 51.2 Å². The molecule has 1 aromatic carbocycles. The molecule has 0 saturated carbocycles. The van der Waals surface area contributed by atoms with Gasteiger partial charge in [0, 0.05) is 25.0 Å². The molecule has 1 amide bonds. The molecule has 0 saturated heterocycles. The van der Waals surface area contributed by atoms with Crippen molar-refractivity contribution in [3.8, 4) is 5.75 Å². The van der Waals surface area contributed by atoms with Gasteiger partial charge < -0.3 is 10.1 Å². The number of ether oxygens (including phenoxy) is 1. The van der Waals surface area contributed by atoms with Crippen LogP contribution in [0, 0.1) is 5.82 Å². The van der Waals surface area contributed by atoms with E-state index in [1.807, 2.05) is 12.1 Å². The molecular weight excluding hydrogens is 295 g/mol. The number of carbonyl (C=O) groups excluding carboxylic acids is 1. The maximum Gasteiger partial charge on any atom is 0.243 e. The van der Waals surface area contributed by atoms with Gasteiger partial charge in [0.1, 0.15) is 11.6 Å². The lowest BCUT2D eigenvalue weighted by Gasteiger charge is -2.06. The summed E-state index contributed by atoms with van der Waals surface area (Å²) in [5.41, 5.74) is 0.885. The minimum atomic E-state index is -0.278. The number of unbranched alkanes of at least 4 members (excludes halogenated alkanes) is 1. The smallest absolute Gasteiger partial charge is 0.243 e. The van der Waals surface area contributed by atoms with Gasteiger partial charge >= 0.3 is 0 Å². The van der Waals surface area contributed by atoms with E-state index < -0.39 is 0 Å². The molecule has 0 aliphatic rings. The quantitative estimate of drug-likeness (QED) is 0.601. The molecule has 120 valence electrons. The Balaban J connectivity index is 1.55. The molecule has 2 aromatic rings. The van der Waals surface area contributed by atoms with Crippen LogP contribution >= 0.6 is 0 Å². The Morgan fingerprint density at radius 1 is 1.22 bits per heavy atom. The molecule has 0 radical (unpaired) electrons. The summed E-state index contributed by atoms with van der Waals surface area (Å²) in [6.07, 6.45) is 8.21. The molecule has 23 heavy (non-hydrogen) atoms. The third-order valence-electron chi connectivity index (χ3n) is 3.06. The predicted molar refractivity (Wildman–Crippen MR) is 87.4 cm³/mol. The summed E-state index contributed by atoms with van der Waals surface area (Å²) in [6, 6.07) is 9.62. The molecule has 0 aliphatic heterocycles. The molecular formula is C18H19FN2O2. The van der Waals surface area contributed by atoms with E-state index in [1.54, 1.807) is 30.6 Å². The fourth-order valence-corrected chi connectivity index (χ4v) is 1.86. The average Bonchev–Trinajstić information content (AvgIpc) is 2.58.